The van der Waals surface area contributed by atoms with Crippen LogP contribution in [0, 0.1) is 23.2 Å². The van der Waals surface area contributed by atoms with Crippen molar-refractivity contribution in [1.29, 1.82) is 5.26 Å². The van der Waals surface area contributed by atoms with Gasteiger partial charge < -0.3 is 19.1 Å². The lowest BCUT2D eigenvalue weighted by molar-refractivity contribution is -0.143. The van der Waals surface area contributed by atoms with Crippen LogP contribution in [0.4, 0.5) is 10.5 Å². The van der Waals surface area contributed by atoms with Crippen molar-refractivity contribution in [3.63, 3.8) is 0 Å². The maximum atomic E-state index is 12.5. The van der Waals surface area contributed by atoms with Gasteiger partial charge in [0.15, 0.2) is 5.76 Å². The molecule has 2 aromatic heterocycles. The normalized spacial score (nSPS) is 14.4. The molecular weight excluding hydrogens is 452 g/mol. The summed E-state index contributed by atoms with van der Waals surface area (Å²) in [4.78, 5) is 28.1. The molecule has 2 N–H and O–H groups in total. The fourth-order valence-corrected chi connectivity index (χ4v) is 3.55. The second kappa shape index (κ2) is 10.7. The molecule has 2 heterocycles. The molecular formula is C25H24N4O6. The zero-order valence-corrected chi connectivity index (χ0v) is 19.0. The number of aromatic nitrogens is 2. The SMILES string of the molecule is CC(OC(=O)Nc1c(C#N)noc1-c1ccc(OCC(CC2CC2)C(=O)O)nc1)c1ccccc1. The van der Waals surface area contributed by atoms with Gasteiger partial charge in [-0.25, -0.2) is 9.78 Å². The van der Waals surface area contributed by atoms with E-state index in [1.807, 2.05) is 36.4 Å². The number of hydrogen-bond donors (Lipinski definition) is 2. The van der Waals surface area contributed by atoms with Gasteiger partial charge >= 0.3 is 12.1 Å². The molecule has 1 fully saturated rings. The molecule has 0 bridgehead atoms. The number of hydrogen-bond acceptors (Lipinski definition) is 8. The minimum absolute atomic E-state index is 0.0251. The first-order chi connectivity index (χ1) is 16.9. The molecule has 1 aromatic carbocycles. The van der Waals surface area contributed by atoms with Gasteiger partial charge in [-0.1, -0.05) is 48.3 Å². The van der Waals surface area contributed by atoms with Gasteiger partial charge in [-0.3, -0.25) is 10.1 Å². The Morgan fingerprint density at radius 1 is 1.26 bits per heavy atom. The van der Waals surface area contributed by atoms with Crippen LogP contribution in [0.5, 0.6) is 5.88 Å². The van der Waals surface area contributed by atoms with Gasteiger partial charge in [-0.05, 0) is 30.9 Å². The second-order valence-electron chi connectivity index (χ2n) is 8.34. The lowest BCUT2D eigenvalue weighted by atomic mass is 10.0. The Bertz CT molecular complexity index is 1220. The van der Waals surface area contributed by atoms with Crippen LogP contribution in [0.25, 0.3) is 11.3 Å². The number of nitriles is 1. The van der Waals surface area contributed by atoms with E-state index in [0.717, 1.165) is 18.4 Å². The summed E-state index contributed by atoms with van der Waals surface area (Å²) in [5, 5.41) is 25.0. The second-order valence-corrected chi connectivity index (χ2v) is 8.34. The number of anilines is 1. The molecule has 180 valence electrons. The highest BCUT2D eigenvalue weighted by atomic mass is 16.6. The van der Waals surface area contributed by atoms with Crippen molar-refractivity contribution in [2.75, 3.05) is 11.9 Å². The molecule has 3 aromatic rings. The molecule has 2 atom stereocenters. The number of nitrogens with zero attached hydrogens (tertiary/aromatic N) is 3. The quantitative estimate of drug-likeness (QED) is 0.421. The molecule has 0 aliphatic heterocycles. The number of amides is 1. The van der Waals surface area contributed by atoms with Crippen LogP contribution >= 0.6 is 0 Å². The van der Waals surface area contributed by atoms with E-state index >= 15 is 0 Å². The van der Waals surface area contributed by atoms with Crippen LogP contribution in [0.3, 0.4) is 0 Å². The number of carbonyl (C=O) groups is 2. The Balaban J connectivity index is 1.42. The fraction of sp³-hybridized carbons (Fsp3) is 0.320. The Morgan fingerprint density at radius 3 is 2.66 bits per heavy atom. The van der Waals surface area contributed by atoms with Crippen molar-refractivity contribution in [3.8, 4) is 23.3 Å². The van der Waals surface area contributed by atoms with Crippen molar-refractivity contribution in [2.45, 2.75) is 32.3 Å². The van der Waals surface area contributed by atoms with Crippen molar-refractivity contribution < 1.29 is 28.7 Å². The van der Waals surface area contributed by atoms with Crippen LogP contribution in [0.15, 0.2) is 53.2 Å². The molecule has 1 aliphatic carbocycles. The molecule has 35 heavy (non-hydrogen) atoms. The van der Waals surface area contributed by atoms with E-state index in [0.29, 0.717) is 17.9 Å². The topological polar surface area (TPSA) is 148 Å². The van der Waals surface area contributed by atoms with Gasteiger partial charge in [-0.15, -0.1) is 0 Å². The molecule has 1 aliphatic rings. The molecule has 0 radical (unpaired) electrons. The maximum Gasteiger partial charge on any atom is 0.412 e. The highest BCUT2D eigenvalue weighted by Gasteiger charge is 2.30. The van der Waals surface area contributed by atoms with E-state index < -0.39 is 24.1 Å². The zero-order chi connectivity index (χ0) is 24.8. The van der Waals surface area contributed by atoms with Gasteiger partial charge in [-0.2, -0.15) is 5.26 Å². The molecule has 10 heteroatoms. The summed E-state index contributed by atoms with van der Waals surface area (Å²) < 4.78 is 16.3. The van der Waals surface area contributed by atoms with Gasteiger partial charge in [0, 0.05) is 17.8 Å². The van der Waals surface area contributed by atoms with Gasteiger partial charge in [0.2, 0.25) is 11.6 Å². The van der Waals surface area contributed by atoms with Crippen molar-refractivity contribution in [3.05, 3.63) is 59.9 Å². The first kappa shape index (κ1) is 23.8. The zero-order valence-electron chi connectivity index (χ0n) is 19.0. The van der Waals surface area contributed by atoms with Crippen LogP contribution in [0.2, 0.25) is 0 Å². The molecule has 2 unspecified atom stereocenters. The minimum Gasteiger partial charge on any atom is -0.481 e. The molecule has 0 saturated heterocycles. The Kier molecular flexibility index (Phi) is 7.26. The summed E-state index contributed by atoms with van der Waals surface area (Å²) in [5.74, 6) is -0.632. The lowest BCUT2D eigenvalue weighted by Crippen LogP contribution is -2.22. The average Bonchev–Trinajstić information content (AvgIpc) is 3.60. The van der Waals surface area contributed by atoms with Crippen molar-refractivity contribution in [2.24, 2.45) is 11.8 Å². The van der Waals surface area contributed by atoms with Gasteiger partial charge in [0.1, 0.15) is 24.5 Å². The number of rotatable bonds is 10. The number of aliphatic carboxylic acids is 1. The summed E-state index contributed by atoms with van der Waals surface area (Å²) >= 11 is 0. The number of carboxylic acid groups (broad SMARTS) is 1. The van der Waals surface area contributed by atoms with E-state index in [-0.39, 0.29) is 29.6 Å². The number of benzene rings is 1. The number of ether oxygens (including phenoxy) is 2. The van der Waals surface area contributed by atoms with Crippen molar-refractivity contribution in [1.82, 2.24) is 10.1 Å². The molecule has 10 nitrogen and oxygen atoms in total. The largest absolute Gasteiger partial charge is 0.481 e. The van der Waals surface area contributed by atoms with Crippen LogP contribution < -0.4 is 10.1 Å². The van der Waals surface area contributed by atoms with E-state index in [2.05, 4.69) is 15.5 Å². The Morgan fingerprint density at radius 2 is 2.03 bits per heavy atom. The highest BCUT2D eigenvalue weighted by molar-refractivity contribution is 5.91. The monoisotopic (exact) mass is 476 g/mol. The summed E-state index contributed by atoms with van der Waals surface area (Å²) in [6, 6.07) is 14.3. The third-order valence-electron chi connectivity index (χ3n) is 5.67. The predicted molar refractivity (Wildman–Crippen MR) is 123 cm³/mol. The van der Waals surface area contributed by atoms with Crippen molar-refractivity contribution >= 4 is 17.7 Å². The summed E-state index contributed by atoms with van der Waals surface area (Å²) in [5.41, 5.74) is 1.19. The van der Waals surface area contributed by atoms with Gasteiger partial charge in [0.05, 0.1) is 5.92 Å². The predicted octanol–water partition coefficient (Wildman–Crippen LogP) is 4.80. The lowest BCUT2D eigenvalue weighted by Gasteiger charge is -2.14. The van der Waals surface area contributed by atoms with Crippen LogP contribution in [-0.4, -0.2) is 33.9 Å². The summed E-state index contributed by atoms with van der Waals surface area (Å²) in [7, 11) is 0. The molecule has 0 spiro atoms. The standard InChI is InChI=1S/C25H24N4O6/c1-15(17-5-3-2-4-6-17)34-25(32)28-22-20(12-26)29-35-23(22)18-9-10-21(27-13-18)33-14-19(24(30)31)11-16-7-8-16/h2-6,9-10,13,15-16,19H,7-8,11,14H2,1H3,(H,28,32)(H,30,31). The highest BCUT2D eigenvalue weighted by Crippen LogP contribution is 2.36. The third-order valence-corrected chi connectivity index (χ3v) is 5.67. The molecule has 1 saturated carbocycles. The maximum absolute atomic E-state index is 12.5. The third kappa shape index (κ3) is 6.14. The Hall–Kier alpha value is -4.39. The van der Waals surface area contributed by atoms with E-state index in [1.54, 1.807) is 19.1 Å². The molecule has 1 amide bonds. The minimum atomic E-state index is -0.886. The van der Waals surface area contributed by atoms with Crippen LogP contribution in [0.1, 0.15) is 43.5 Å². The number of carboxylic acids is 1. The van der Waals surface area contributed by atoms with Crippen LogP contribution in [-0.2, 0) is 9.53 Å². The molecule has 4 rings (SSSR count). The first-order valence-electron chi connectivity index (χ1n) is 11.2. The number of nitrogens with one attached hydrogen (secondary N) is 1. The summed E-state index contributed by atoms with van der Waals surface area (Å²) in [6.45, 7) is 1.76. The smallest absolute Gasteiger partial charge is 0.412 e. The number of carbonyl (C=O) groups excluding carboxylic acids is 1. The first-order valence-corrected chi connectivity index (χ1v) is 11.2. The number of pyridine rings is 1. The van der Waals surface area contributed by atoms with E-state index in [9.17, 15) is 20.0 Å². The fourth-order valence-electron chi connectivity index (χ4n) is 3.55. The van der Waals surface area contributed by atoms with Gasteiger partial charge in [0.25, 0.3) is 0 Å². The summed E-state index contributed by atoms with van der Waals surface area (Å²) in [6.07, 6.45) is 2.86. The van der Waals surface area contributed by atoms with E-state index in [4.69, 9.17) is 14.0 Å². The Labute approximate surface area is 201 Å². The van der Waals surface area contributed by atoms with E-state index in [1.165, 1.54) is 6.20 Å². The average molecular weight is 476 g/mol.